The number of hydrogen-bond acceptors (Lipinski definition) is 3. The van der Waals surface area contributed by atoms with Gasteiger partial charge in [0.2, 0.25) is 0 Å². The molecule has 0 aromatic carbocycles. The lowest BCUT2D eigenvalue weighted by atomic mass is 10.1. The molecule has 2 atom stereocenters. The first kappa shape index (κ1) is 12.4. The van der Waals surface area contributed by atoms with Crippen LogP contribution in [0, 0.1) is 6.92 Å². The van der Waals surface area contributed by atoms with E-state index in [9.17, 15) is 0 Å². The van der Waals surface area contributed by atoms with Crippen molar-refractivity contribution >= 4 is 11.3 Å². The first-order chi connectivity index (χ1) is 8.15. The van der Waals surface area contributed by atoms with Gasteiger partial charge in [0.05, 0.1) is 12.5 Å². The van der Waals surface area contributed by atoms with Crippen molar-refractivity contribution in [1.82, 2.24) is 5.32 Å². The second-order valence-corrected chi connectivity index (χ2v) is 5.94. The topological polar surface area (TPSA) is 25.2 Å². The van der Waals surface area contributed by atoms with Crippen LogP contribution in [-0.2, 0) is 6.42 Å². The van der Waals surface area contributed by atoms with Crippen LogP contribution in [0.5, 0.6) is 0 Å². The van der Waals surface area contributed by atoms with E-state index in [-0.39, 0.29) is 0 Å². The van der Waals surface area contributed by atoms with Gasteiger partial charge in [-0.25, -0.2) is 0 Å². The molecule has 0 saturated carbocycles. The Kier molecular flexibility index (Phi) is 4.02. The Morgan fingerprint density at radius 1 is 1.29 bits per heavy atom. The Labute approximate surface area is 107 Å². The van der Waals surface area contributed by atoms with Crippen LogP contribution in [0.1, 0.15) is 35.2 Å². The molecule has 0 aliphatic rings. The normalized spacial score (nSPS) is 14.8. The molecule has 92 valence electrons. The number of aryl methyl sites for hydroxylation is 1. The molecule has 0 aliphatic heterocycles. The molecule has 2 rings (SSSR count). The number of hydrogen-bond donors (Lipinski definition) is 1. The van der Waals surface area contributed by atoms with E-state index < -0.39 is 0 Å². The van der Waals surface area contributed by atoms with E-state index in [0.717, 1.165) is 6.42 Å². The number of thiophene rings is 1. The molecule has 3 heteroatoms. The van der Waals surface area contributed by atoms with Gasteiger partial charge in [-0.1, -0.05) is 0 Å². The van der Waals surface area contributed by atoms with Gasteiger partial charge in [0.1, 0.15) is 0 Å². The molecule has 1 N–H and O–H groups in total. The second kappa shape index (κ2) is 5.52. The standard InChI is InChI=1S/C14H19NOS/c1-10(8-14-5-4-11(2)17-14)15-12(3)13-6-7-16-9-13/h4-7,9-10,12,15H,8H2,1-3H3. The lowest BCUT2D eigenvalue weighted by Gasteiger charge is -2.18. The fourth-order valence-electron chi connectivity index (χ4n) is 2.00. The van der Waals surface area contributed by atoms with Gasteiger partial charge in [-0.15, -0.1) is 11.3 Å². The van der Waals surface area contributed by atoms with E-state index in [0.29, 0.717) is 12.1 Å². The van der Waals surface area contributed by atoms with Crippen LogP contribution in [0.4, 0.5) is 0 Å². The molecule has 2 aromatic heterocycles. The monoisotopic (exact) mass is 249 g/mol. The molecular weight excluding hydrogens is 230 g/mol. The van der Waals surface area contributed by atoms with Gasteiger partial charge in [0, 0.05) is 27.4 Å². The minimum atomic E-state index is 0.338. The summed E-state index contributed by atoms with van der Waals surface area (Å²) < 4.78 is 5.10. The number of rotatable bonds is 5. The Balaban J connectivity index is 1.87. The lowest BCUT2D eigenvalue weighted by molar-refractivity contribution is 0.473. The van der Waals surface area contributed by atoms with Crippen molar-refractivity contribution in [3.8, 4) is 0 Å². The summed E-state index contributed by atoms with van der Waals surface area (Å²) in [7, 11) is 0. The van der Waals surface area contributed by atoms with Crippen LogP contribution >= 0.6 is 11.3 Å². The highest BCUT2D eigenvalue weighted by atomic mass is 32.1. The third-order valence-electron chi connectivity index (χ3n) is 2.88. The largest absolute Gasteiger partial charge is 0.472 e. The molecule has 0 saturated heterocycles. The predicted octanol–water partition coefficient (Wildman–Crippen LogP) is 3.93. The summed E-state index contributed by atoms with van der Waals surface area (Å²) in [6.07, 6.45) is 4.61. The third kappa shape index (κ3) is 3.45. The molecule has 0 aliphatic carbocycles. The van der Waals surface area contributed by atoms with E-state index in [2.05, 4.69) is 38.2 Å². The SMILES string of the molecule is Cc1ccc(CC(C)NC(C)c2ccoc2)s1. The van der Waals surface area contributed by atoms with Crippen LogP contribution < -0.4 is 5.32 Å². The molecular formula is C14H19NOS. The van der Waals surface area contributed by atoms with E-state index in [4.69, 9.17) is 4.42 Å². The van der Waals surface area contributed by atoms with Crippen molar-refractivity contribution in [3.05, 3.63) is 46.0 Å². The van der Waals surface area contributed by atoms with Crippen molar-refractivity contribution in [2.45, 2.75) is 39.3 Å². The maximum Gasteiger partial charge on any atom is 0.0950 e. The minimum Gasteiger partial charge on any atom is -0.472 e. The Hall–Kier alpha value is -1.06. The van der Waals surface area contributed by atoms with Crippen LogP contribution in [-0.4, -0.2) is 6.04 Å². The molecule has 0 radical (unpaired) electrons. The van der Waals surface area contributed by atoms with Crippen LogP contribution in [0.25, 0.3) is 0 Å². The minimum absolute atomic E-state index is 0.338. The van der Waals surface area contributed by atoms with E-state index in [1.54, 1.807) is 12.5 Å². The van der Waals surface area contributed by atoms with Crippen LogP contribution in [0.3, 0.4) is 0 Å². The average molecular weight is 249 g/mol. The number of furan rings is 1. The summed E-state index contributed by atoms with van der Waals surface area (Å²) in [6, 6.07) is 7.23. The van der Waals surface area contributed by atoms with Crippen molar-refractivity contribution in [1.29, 1.82) is 0 Å². The van der Waals surface area contributed by atoms with Gasteiger partial charge in [-0.2, -0.15) is 0 Å². The van der Waals surface area contributed by atoms with Gasteiger partial charge in [0.25, 0.3) is 0 Å². The zero-order valence-electron chi connectivity index (χ0n) is 10.6. The highest BCUT2D eigenvalue weighted by Gasteiger charge is 2.11. The molecule has 0 fully saturated rings. The van der Waals surface area contributed by atoms with Crippen LogP contribution in [0.2, 0.25) is 0 Å². The highest BCUT2D eigenvalue weighted by Crippen LogP contribution is 2.18. The smallest absolute Gasteiger partial charge is 0.0950 e. The van der Waals surface area contributed by atoms with Gasteiger partial charge >= 0.3 is 0 Å². The van der Waals surface area contributed by atoms with Crippen molar-refractivity contribution < 1.29 is 4.42 Å². The summed E-state index contributed by atoms with van der Waals surface area (Å²) in [4.78, 5) is 2.83. The Morgan fingerprint density at radius 3 is 2.71 bits per heavy atom. The molecule has 2 aromatic rings. The first-order valence-corrected chi connectivity index (χ1v) is 6.80. The maximum atomic E-state index is 5.10. The summed E-state index contributed by atoms with van der Waals surface area (Å²) in [5.41, 5.74) is 1.21. The van der Waals surface area contributed by atoms with Crippen molar-refractivity contribution in [2.75, 3.05) is 0 Å². The summed E-state index contributed by atoms with van der Waals surface area (Å²) >= 11 is 1.88. The maximum absolute atomic E-state index is 5.10. The van der Waals surface area contributed by atoms with Gasteiger partial charge in [-0.05, 0) is 45.4 Å². The molecule has 0 bridgehead atoms. The van der Waals surface area contributed by atoms with Crippen LogP contribution in [0.15, 0.2) is 35.1 Å². The zero-order valence-corrected chi connectivity index (χ0v) is 11.4. The highest BCUT2D eigenvalue weighted by molar-refractivity contribution is 7.11. The van der Waals surface area contributed by atoms with Gasteiger partial charge in [-0.3, -0.25) is 0 Å². The number of nitrogens with one attached hydrogen (secondary N) is 1. The molecule has 17 heavy (non-hydrogen) atoms. The average Bonchev–Trinajstić information content (AvgIpc) is 2.89. The lowest BCUT2D eigenvalue weighted by Crippen LogP contribution is -2.30. The molecule has 0 spiro atoms. The van der Waals surface area contributed by atoms with E-state index >= 15 is 0 Å². The zero-order chi connectivity index (χ0) is 12.3. The van der Waals surface area contributed by atoms with Gasteiger partial charge in [0.15, 0.2) is 0 Å². The quantitative estimate of drug-likeness (QED) is 0.868. The van der Waals surface area contributed by atoms with Gasteiger partial charge < -0.3 is 9.73 Å². The first-order valence-electron chi connectivity index (χ1n) is 5.98. The molecule has 2 unspecified atom stereocenters. The van der Waals surface area contributed by atoms with Crippen molar-refractivity contribution in [3.63, 3.8) is 0 Å². The molecule has 2 nitrogen and oxygen atoms in total. The fourth-order valence-corrected chi connectivity index (χ4v) is 3.02. The fraction of sp³-hybridized carbons (Fsp3) is 0.429. The predicted molar refractivity (Wildman–Crippen MR) is 72.5 cm³/mol. The third-order valence-corrected chi connectivity index (χ3v) is 3.90. The summed E-state index contributed by atoms with van der Waals surface area (Å²) in [5.74, 6) is 0. The second-order valence-electron chi connectivity index (χ2n) is 4.56. The molecule has 0 amide bonds. The van der Waals surface area contributed by atoms with E-state index in [1.165, 1.54) is 15.3 Å². The Bertz CT molecular complexity index is 446. The summed E-state index contributed by atoms with van der Waals surface area (Å²) in [5, 5.41) is 3.59. The Morgan fingerprint density at radius 2 is 2.12 bits per heavy atom. The summed E-state index contributed by atoms with van der Waals surface area (Å²) in [6.45, 7) is 6.55. The van der Waals surface area contributed by atoms with Crippen molar-refractivity contribution in [2.24, 2.45) is 0 Å². The molecule has 2 heterocycles. The van der Waals surface area contributed by atoms with E-state index in [1.807, 2.05) is 17.4 Å².